The summed E-state index contributed by atoms with van der Waals surface area (Å²) in [4.78, 5) is 25.2. The molecule has 3 N–H and O–H groups in total. The van der Waals surface area contributed by atoms with Crippen molar-refractivity contribution in [1.82, 2.24) is 20.9 Å². The van der Waals surface area contributed by atoms with Gasteiger partial charge in [0.2, 0.25) is 5.91 Å². The fraction of sp³-hybridized carbons (Fsp3) is 0.846. The fourth-order valence-electron chi connectivity index (χ4n) is 1.78. The second-order valence-electron chi connectivity index (χ2n) is 4.94. The van der Waals surface area contributed by atoms with Crippen LogP contribution in [0.3, 0.4) is 0 Å². The molecular formula is C13H26N4O3. The average Bonchev–Trinajstić information content (AvgIpc) is 2.46. The summed E-state index contributed by atoms with van der Waals surface area (Å²) in [5.41, 5.74) is 0. The van der Waals surface area contributed by atoms with E-state index >= 15 is 0 Å². The number of ether oxygens (including phenoxy) is 1. The molecule has 1 saturated heterocycles. The van der Waals surface area contributed by atoms with Crippen molar-refractivity contribution in [2.24, 2.45) is 0 Å². The van der Waals surface area contributed by atoms with E-state index in [2.05, 4.69) is 20.9 Å². The van der Waals surface area contributed by atoms with Crippen LogP contribution in [0.15, 0.2) is 0 Å². The summed E-state index contributed by atoms with van der Waals surface area (Å²) >= 11 is 0. The van der Waals surface area contributed by atoms with E-state index < -0.39 is 0 Å². The van der Waals surface area contributed by atoms with Crippen LogP contribution in [-0.4, -0.2) is 68.8 Å². The van der Waals surface area contributed by atoms with Crippen molar-refractivity contribution in [2.75, 3.05) is 45.9 Å². The maximum absolute atomic E-state index is 11.5. The molecule has 0 aromatic heterocycles. The standard InChI is InChI=1S/C13H26N4O3/c1-3-11(2)16-13(19)15-10-12(18)14-4-5-17-6-8-20-9-7-17/h11H,3-10H2,1-2H3,(H,14,18)(H2,15,16,19). The normalized spacial score (nSPS) is 17.3. The van der Waals surface area contributed by atoms with Crippen LogP contribution < -0.4 is 16.0 Å². The van der Waals surface area contributed by atoms with Gasteiger partial charge in [-0.15, -0.1) is 0 Å². The second-order valence-corrected chi connectivity index (χ2v) is 4.94. The van der Waals surface area contributed by atoms with Crippen LogP contribution >= 0.6 is 0 Å². The number of morpholine rings is 1. The first-order valence-corrected chi connectivity index (χ1v) is 7.23. The largest absolute Gasteiger partial charge is 0.379 e. The van der Waals surface area contributed by atoms with Gasteiger partial charge in [0, 0.05) is 32.2 Å². The molecule has 7 heteroatoms. The van der Waals surface area contributed by atoms with E-state index in [1.54, 1.807) is 0 Å². The molecule has 0 aromatic rings. The topological polar surface area (TPSA) is 82.7 Å². The van der Waals surface area contributed by atoms with Gasteiger partial charge in [0.15, 0.2) is 0 Å². The number of carbonyl (C=O) groups is 2. The second kappa shape index (κ2) is 9.55. The van der Waals surface area contributed by atoms with Crippen LogP contribution in [0.2, 0.25) is 0 Å². The Balaban J connectivity index is 2.03. The number of hydrogen-bond acceptors (Lipinski definition) is 4. The summed E-state index contributed by atoms with van der Waals surface area (Å²) in [7, 11) is 0. The van der Waals surface area contributed by atoms with Gasteiger partial charge in [0.1, 0.15) is 0 Å². The molecule has 0 radical (unpaired) electrons. The smallest absolute Gasteiger partial charge is 0.315 e. The zero-order valence-electron chi connectivity index (χ0n) is 12.4. The third-order valence-electron chi connectivity index (χ3n) is 3.25. The first kappa shape index (κ1) is 16.7. The number of nitrogens with one attached hydrogen (secondary N) is 3. The summed E-state index contributed by atoms with van der Waals surface area (Å²) < 4.78 is 5.25. The maximum Gasteiger partial charge on any atom is 0.315 e. The van der Waals surface area contributed by atoms with Crippen molar-refractivity contribution in [3.8, 4) is 0 Å². The molecule has 0 spiro atoms. The van der Waals surface area contributed by atoms with Crippen molar-refractivity contribution in [3.63, 3.8) is 0 Å². The van der Waals surface area contributed by atoms with E-state index in [9.17, 15) is 9.59 Å². The van der Waals surface area contributed by atoms with Gasteiger partial charge in [0.05, 0.1) is 19.8 Å². The predicted molar refractivity (Wildman–Crippen MR) is 76.6 cm³/mol. The first-order chi connectivity index (χ1) is 9.61. The number of hydrogen-bond donors (Lipinski definition) is 3. The van der Waals surface area contributed by atoms with Gasteiger partial charge >= 0.3 is 6.03 Å². The van der Waals surface area contributed by atoms with Crippen LogP contribution in [-0.2, 0) is 9.53 Å². The molecule has 1 aliphatic rings. The minimum Gasteiger partial charge on any atom is -0.379 e. The lowest BCUT2D eigenvalue weighted by atomic mass is 10.3. The van der Waals surface area contributed by atoms with Gasteiger partial charge < -0.3 is 20.7 Å². The highest BCUT2D eigenvalue weighted by Gasteiger charge is 2.11. The number of nitrogens with zero attached hydrogens (tertiary/aromatic N) is 1. The van der Waals surface area contributed by atoms with Gasteiger partial charge in [0.25, 0.3) is 0 Å². The molecule has 1 aliphatic heterocycles. The average molecular weight is 286 g/mol. The molecule has 0 bridgehead atoms. The Labute approximate surface area is 120 Å². The monoisotopic (exact) mass is 286 g/mol. The molecule has 1 atom stereocenters. The third kappa shape index (κ3) is 7.30. The van der Waals surface area contributed by atoms with Crippen LogP contribution in [0, 0.1) is 0 Å². The molecule has 0 aromatic carbocycles. The van der Waals surface area contributed by atoms with Crippen molar-refractivity contribution in [3.05, 3.63) is 0 Å². The highest BCUT2D eigenvalue weighted by Crippen LogP contribution is 1.94. The Morgan fingerprint density at radius 2 is 1.95 bits per heavy atom. The van der Waals surface area contributed by atoms with Crippen LogP contribution in [0.4, 0.5) is 4.79 Å². The summed E-state index contributed by atoms with van der Waals surface area (Å²) in [6.07, 6.45) is 0.860. The summed E-state index contributed by atoms with van der Waals surface area (Å²) in [5, 5.41) is 8.07. The van der Waals surface area contributed by atoms with Crippen LogP contribution in [0.5, 0.6) is 0 Å². The minimum absolute atomic E-state index is 0.00534. The van der Waals surface area contributed by atoms with E-state index in [4.69, 9.17) is 4.74 Å². The van der Waals surface area contributed by atoms with Gasteiger partial charge in [-0.3, -0.25) is 9.69 Å². The Morgan fingerprint density at radius 3 is 2.60 bits per heavy atom. The van der Waals surface area contributed by atoms with E-state index in [0.29, 0.717) is 6.54 Å². The van der Waals surface area contributed by atoms with Gasteiger partial charge in [-0.2, -0.15) is 0 Å². The number of carbonyl (C=O) groups excluding carboxylic acids is 2. The number of amides is 3. The third-order valence-corrected chi connectivity index (χ3v) is 3.25. The Kier molecular flexibility index (Phi) is 7.98. The van der Waals surface area contributed by atoms with E-state index in [1.165, 1.54) is 0 Å². The number of rotatable bonds is 7. The lowest BCUT2D eigenvalue weighted by Gasteiger charge is -2.26. The van der Waals surface area contributed by atoms with Crippen LogP contribution in [0.25, 0.3) is 0 Å². The van der Waals surface area contributed by atoms with E-state index in [1.807, 2.05) is 13.8 Å². The number of urea groups is 1. The Hall–Kier alpha value is -1.34. The Bertz CT molecular complexity index is 306. The van der Waals surface area contributed by atoms with Crippen molar-refractivity contribution < 1.29 is 14.3 Å². The fourth-order valence-corrected chi connectivity index (χ4v) is 1.78. The molecule has 20 heavy (non-hydrogen) atoms. The molecule has 0 aliphatic carbocycles. The summed E-state index contributed by atoms with van der Waals surface area (Å²) in [6.45, 7) is 8.64. The molecule has 1 rings (SSSR count). The highest BCUT2D eigenvalue weighted by atomic mass is 16.5. The summed E-state index contributed by atoms with van der Waals surface area (Å²) in [6, 6.07) is -0.193. The molecular weight excluding hydrogens is 260 g/mol. The van der Waals surface area contributed by atoms with E-state index in [0.717, 1.165) is 39.3 Å². The lowest BCUT2D eigenvalue weighted by molar-refractivity contribution is -0.120. The van der Waals surface area contributed by atoms with Gasteiger partial charge in [-0.25, -0.2) is 4.79 Å². The van der Waals surface area contributed by atoms with Crippen LogP contribution in [0.1, 0.15) is 20.3 Å². The minimum atomic E-state index is -0.303. The quantitative estimate of drug-likeness (QED) is 0.591. The zero-order chi connectivity index (χ0) is 14.8. The molecule has 1 heterocycles. The predicted octanol–water partition coefficient (Wildman–Crippen LogP) is -0.467. The van der Waals surface area contributed by atoms with E-state index in [-0.39, 0.29) is 24.5 Å². The molecule has 116 valence electrons. The lowest BCUT2D eigenvalue weighted by Crippen LogP contribution is -2.46. The first-order valence-electron chi connectivity index (χ1n) is 7.23. The molecule has 0 saturated carbocycles. The highest BCUT2D eigenvalue weighted by molar-refractivity contribution is 5.83. The van der Waals surface area contributed by atoms with Crippen molar-refractivity contribution in [2.45, 2.75) is 26.3 Å². The molecule has 3 amide bonds. The van der Waals surface area contributed by atoms with Gasteiger partial charge in [-0.1, -0.05) is 6.92 Å². The van der Waals surface area contributed by atoms with Gasteiger partial charge in [-0.05, 0) is 13.3 Å². The maximum atomic E-state index is 11.5. The SMILES string of the molecule is CCC(C)NC(=O)NCC(=O)NCCN1CCOCC1. The zero-order valence-corrected chi connectivity index (χ0v) is 12.4. The Morgan fingerprint density at radius 1 is 1.25 bits per heavy atom. The molecule has 1 fully saturated rings. The van der Waals surface area contributed by atoms with Crippen molar-refractivity contribution in [1.29, 1.82) is 0 Å². The summed E-state index contributed by atoms with van der Waals surface area (Å²) in [5.74, 6) is -0.169. The molecule has 1 unspecified atom stereocenters. The van der Waals surface area contributed by atoms with Crippen molar-refractivity contribution >= 4 is 11.9 Å². The molecule has 7 nitrogen and oxygen atoms in total.